The Balaban J connectivity index is 2.10. The molecular weight excluding hydrogens is 462 g/mol. The van der Waals surface area contributed by atoms with Crippen LogP contribution < -0.4 is 14.8 Å². The third kappa shape index (κ3) is 4.84. The van der Waals surface area contributed by atoms with Crippen LogP contribution in [0.3, 0.4) is 0 Å². The summed E-state index contributed by atoms with van der Waals surface area (Å²) in [4.78, 5) is 53.9. The van der Waals surface area contributed by atoms with Gasteiger partial charge in [-0.1, -0.05) is 12.1 Å². The number of hydrogen-bond donors (Lipinski definition) is 1. The Hall–Kier alpha value is -3.59. The van der Waals surface area contributed by atoms with E-state index in [1.807, 2.05) is 6.92 Å². The van der Waals surface area contributed by atoms with Gasteiger partial charge in [0, 0.05) is 14.1 Å². The summed E-state index contributed by atoms with van der Waals surface area (Å²) >= 11 is 5.59. The lowest BCUT2D eigenvalue weighted by Crippen LogP contribution is -2.37. The fraction of sp³-hybridized carbons (Fsp3) is 0.333. The van der Waals surface area contributed by atoms with E-state index in [4.69, 9.17) is 21.1 Å². The number of nitrogens with one attached hydrogen (secondary N) is 1. The van der Waals surface area contributed by atoms with Gasteiger partial charge in [0.25, 0.3) is 11.8 Å². The second-order valence-corrected chi connectivity index (χ2v) is 8.01. The Kier molecular flexibility index (Phi) is 7.78. The monoisotopic (exact) mass is 487 g/mol. The molecule has 3 rings (SSSR count). The largest absolute Gasteiger partial charge is 0.493 e. The quantitative estimate of drug-likeness (QED) is 0.430. The summed E-state index contributed by atoms with van der Waals surface area (Å²) < 4.78 is 11.0. The first-order valence-corrected chi connectivity index (χ1v) is 11.1. The first-order chi connectivity index (χ1) is 16.2. The van der Waals surface area contributed by atoms with Gasteiger partial charge in [-0.3, -0.25) is 24.1 Å². The van der Waals surface area contributed by atoms with Gasteiger partial charge in [0.2, 0.25) is 11.8 Å². The number of anilines is 1. The second-order valence-electron chi connectivity index (χ2n) is 7.74. The number of halogens is 1. The summed E-state index contributed by atoms with van der Waals surface area (Å²) in [5.41, 5.74) is 0.914. The predicted octanol–water partition coefficient (Wildman–Crippen LogP) is 3.09. The molecule has 0 aromatic heterocycles. The summed E-state index contributed by atoms with van der Waals surface area (Å²) in [5.74, 6) is -1.35. The van der Waals surface area contributed by atoms with Crippen LogP contribution in [0.1, 0.15) is 45.7 Å². The lowest BCUT2D eigenvalue weighted by atomic mass is 10.0. The standard InChI is InChI=1S/C24H26ClN3O6/c1-5-34-19-11-14(9-10-18(19)33-4)17(12-21(30)27(2)3)28-23(31)15-7-6-8-16(22(15)24(28)32)26-20(29)13-25/h6-11,17H,5,12-13H2,1-4H3,(H,26,29)/t17-/m1/s1. The fourth-order valence-corrected chi connectivity index (χ4v) is 3.82. The highest BCUT2D eigenvalue weighted by molar-refractivity contribution is 6.30. The average molecular weight is 488 g/mol. The normalized spacial score (nSPS) is 13.4. The van der Waals surface area contributed by atoms with Crippen molar-refractivity contribution in [2.24, 2.45) is 0 Å². The van der Waals surface area contributed by atoms with Gasteiger partial charge in [-0.05, 0) is 36.8 Å². The number of carbonyl (C=O) groups excluding carboxylic acids is 4. The zero-order valence-corrected chi connectivity index (χ0v) is 20.1. The number of nitrogens with zero attached hydrogens (tertiary/aromatic N) is 2. The van der Waals surface area contributed by atoms with Crippen molar-refractivity contribution < 1.29 is 28.7 Å². The smallest absolute Gasteiger partial charge is 0.264 e. The maximum Gasteiger partial charge on any atom is 0.264 e. The summed E-state index contributed by atoms with van der Waals surface area (Å²) in [7, 11) is 4.70. The van der Waals surface area contributed by atoms with E-state index in [0.29, 0.717) is 23.7 Å². The molecule has 0 aliphatic carbocycles. The predicted molar refractivity (Wildman–Crippen MR) is 127 cm³/mol. The minimum Gasteiger partial charge on any atom is -0.493 e. The van der Waals surface area contributed by atoms with Crippen LogP contribution in [0.15, 0.2) is 36.4 Å². The molecule has 2 aromatic carbocycles. The number of rotatable bonds is 9. The van der Waals surface area contributed by atoms with Crippen molar-refractivity contribution in [1.82, 2.24) is 9.80 Å². The lowest BCUT2D eigenvalue weighted by molar-refractivity contribution is -0.129. The van der Waals surface area contributed by atoms with E-state index in [1.165, 1.54) is 24.1 Å². The van der Waals surface area contributed by atoms with Crippen LogP contribution >= 0.6 is 11.6 Å². The minimum atomic E-state index is -0.913. The molecule has 2 aromatic rings. The maximum absolute atomic E-state index is 13.5. The van der Waals surface area contributed by atoms with Gasteiger partial charge in [0.1, 0.15) is 5.88 Å². The van der Waals surface area contributed by atoms with Gasteiger partial charge >= 0.3 is 0 Å². The number of fused-ring (bicyclic) bond motifs is 1. The Morgan fingerprint density at radius 2 is 1.85 bits per heavy atom. The summed E-state index contributed by atoms with van der Waals surface area (Å²) in [6, 6.07) is 8.71. The molecule has 9 nitrogen and oxygen atoms in total. The zero-order chi connectivity index (χ0) is 25.0. The highest BCUT2D eigenvalue weighted by Gasteiger charge is 2.43. The van der Waals surface area contributed by atoms with Gasteiger partial charge in [0.05, 0.1) is 43.0 Å². The van der Waals surface area contributed by atoms with Crippen LogP contribution in [0.25, 0.3) is 0 Å². The van der Waals surface area contributed by atoms with Crippen molar-refractivity contribution in [3.05, 3.63) is 53.1 Å². The molecule has 10 heteroatoms. The van der Waals surface area contributed by atoms with Gasteiger partial charge in [0.15, 0.2) is 11.5 Å². The van der Waals surface area contributed by atoms with Crippen LogP contribution in [-0.4, -0.2) is 67.1 Å². The second kappa shape index (κ2) is 10.6. The highest BCUT2D eigenvalue weighted by Crippen LogP contribution is 2.39. The molecular formula is C24H26ClN3O6. The molecule has 1 heterocycles. The van der Waals surface area contributed by atoms with E-state index in [-0.39, 0.29) is 35.0 Å². The molecule has 180 valence electrons. The summed E-state index contributed by atoms with van der Waals surface area (Å²) in [6.07, 6.45) is -0.139. The Labute approximate surface area is 202 Å². The first kappa shape index (κ1) is 25.0. The van der Waals surface area contributed by atoms with E-state index >= 15 is 0 Å². The van der Waals surface area contributed by atoms with E-state index in [9.17, 15) is 19.2 Å². The van der Waals surface area contributed by atoms with Crippen LogP contribution in [0, 0.1) is 0 Å². The Morgan fingerprint density at radius 3 is 2.47 bits per heavy atom. The van der Waals surface area contributed by atoms with Gasteiger partial charge in [-0.2, -0.15) is 0 Å². The van der Waals surface area contributed by atoms with E-state index in [1.54, 1.807) is 38.4 Å². The summed E-state index contributed by atoms with van der Waals surface area (Å²) in [5, 5.41) is 2.56. The van der Waals surface area contributed by atoms with Gasteiger partial charge in [-0.15, -0.1) is 11.6 Å². The zero-order valence-electron chi connectivity index (χ0n) is 19.4. The number of ether oxygens (including phenoxy) is 2. The van der Waals surface area contributed by atoms with Crippen molar-refractivity contribution in [3.63, 3.8) is 0 Å². The average Bonchev–Trinajstić information content (AvgIpc) is 3.08. The number of hydrogen-bond acceptors (Lipinski definition) is 6. The van der Waals surface area contributed by atoms with Gasteiger partial charge < -0.3 is 19.7 Å². The first-order valence-electron chi connectivity index (χ1n) is 10.6. The topological polar surface area (TPSA) is 105 Å². The number of amides is 4. The van der Waals surface area contributed by atoms with Crippen molar-refractivity contribution in [2.45, 2.75) is 19.4 Å². The molecule has 0 fully saturated rings. The molecule has 0 radical (unpaired) electrons. The van der Waals surface area contributed by atoms with Crippen LogP contribution in [0.5, 0.6) is 11.5 Å². The van der Waals surface area contributed by atoms with Crippen LogP contribution in [0.4, 0.5) is 5.69 Å². The number of benzene rings is 2. The third-order valence-corrected chi connectivity index (χ3v) is 5.64. The third-order valence-electron chi connectivity index (χ3n) is 5.39. The molecule has 34 heavy (non-hydrogen) atoms. The number of carbonyl (C=O) groups is 4. The summed E-state index contributed by atoms with van der Waals surface area (Å²) in [6.45, 7) is 2.19. The molecule has 0 saturated heterocycles. The minimum absolute atomic E-state index is 0.0619. The van der Waals surface area contributed by atoms with Crippen molar-refractivity contribution >= 4 is 40.9 Å². The SMILES string of the molecule is CCOc1cc([C@@H](CC(=O)N(C)C)N2C(=O)c3cccc(NC(=O)CCl)c3C2=O)ccc1OC. The van der Waals surface area contributed by atoms with Gasteiger partial charge in [-0.25, -0.2) is 0 Å². The molecule has 0 saturated carbocycles. The molecule has 0 spiro atoms. The van der Waals surface area contributed by atoms with Crippen molar-refractivity contribution in [1.29, 1.82) is 0 Å². The van der Waals surface area contributed by atoms with E-state index in [2.05, 4.69) is 5.32 Å². The van der Waals surface area contributed by atoms with E-state index < -0.39 is 23.8 Å². The number of imide groups is 1. The maximum atomic E-state index is 13.5. The van der Waals surface area contributed by atoms with E-state index in [0.717, 1.165) is 4.90 Å². The molecule has 0 bridgehead atoms. The molecule has 1 N–H and O–H groups in total. The highest BCUT2D eigenvalue weighted by atomic mass is 35.5. The van der Waals surface area contributed by atoms with Crippen molar-refractivity contribution in [2.75, 3.05) is 39.0 Å². The number of methoxy groups -OCH3 is 1. The molecule has 1 aliphatic rings. The number of alkyl halides is 1. The lowest BCUT2D eigenvalue weighted by Gasteiger charge is -2.28. The molecule has 1 atom stereocenters. The molecule has 4 amide bonds. The van der Waals surface area contributed by atoms with Crippen molar-refractivity contribution in [3.8, 4) is 11.5 Å². The van der Waals surface area contributed by atoms with Crippen LogP contribution in [-0.2, 0) is 9.59 Å². The Morgan fingerprint density at radius 1 is 1.12 bits per heavy atom. The fourth-order valence-electron chi connectivity index (χ4n) is 3.75. The Bertz CT molecular complexity index is 1130. The van der Waals surface area contributed by atoms with Crippen LogP contribution in [0.2, 0.25) is 0 Å². The molecule has 0 unspecified atom stereocenters. The molecule has 1 aliphatic heterocycles.